The highest BCUT2D eigenvalue weighted by Crippen LogP contribution is 2.27. The van der Waals surface area contributed by atoms with Crippen LogP contribution in [0.3, 0.4) is 0 Å². The number of benzene rings is 1. The minimum atomic E-state index is -3.16. The molecule has 0 radical (unpaired) electrons. The van der Waals surface area contributed by atoms with Crippen molar-refractivity contribution in [1.82, 2.24) is 0 Å². The zero-order valence-electron chi connectivity index (χ0n) is 6.82. The summed E-state index contributed by atoms with van der Waals surface area (Å²) in [5, 5.41) is 8.82. The molecule has 0 fully saturated rings. The van der Waals surface area contributed by atoms with Gasteiger partial charge in [0, 0.05) is 0 Å². The molecule has 5 heteroatoms. The Labute approximate surface area is 76.3 Å². The number of hydrogen-bond donors (Lipinski definition) is 2. The zero-order chi connectivity index (χ0) is 9.47. The van der Waals surface area contributed by atoms with Crippen LogP contribution in [0.5, 0.6) is 0 Å². The van der Waals surface area contributed by atoms with Crippen LogP contribution in [0.4, 0.5) is 5.69 Å². The normalized spacial score (nSPS) is 17.9. The summed E-state index contributed by atoms with van der Waals surface area (Å²) in [7, 11) is -3.16. The number of nitrogens with one attached hydrogen (secondary N) is 1. The van der Waals surface area contributed by atoms with Crippen molar-refractivity contribution in [2.45, 2.75) is 12.4 Å². The van der Waals surface area contributed by atoms with Crippen LogP contribution in [0.1, 0.15) is 11.1 Å². The SMILES string of the molecule is O=S1(=O)Cc2ccc(CO)cc2N1. The second-order valence-corrected chi connectivity index (χ2v) is 4.73. The predicted octanol–water partition coefficient (Wildman–Crippen LogP) is 0.434. The lowest BCUT2D eigenvalue weighted by molar-refractivity contribution is 0.282. The lowest BCUT2D eigenvalue weighted by atomic mass is 10.1. The van der Waals surface area contributed by atoms with Crippen LogP contribution < -0.4 is 4.72 Å². The Hall–Kier alpha value is -1.07. The van der Waals surface area contributed by atoms with E-state index < -0.39 is 10.0 Å². The number of aliphatic hydroxyl groups is 1. The fourth-order valence-corrected chi connectivity index (χ4v) is 2.61. The molecule has 4 nitrogen and oxygen atoms in total. The molecule has 0 bridgehead atoms. The van der Waals surface area contributed by atoms with Crippen LogP contribution in [-0.2, 0) is 22.4 Å². The van der Waals surface area contributed by atoms with Crippen molar-refractivity contribution in [3.05, 3.63) is 29.3 Å². The fraction of sp³-hybridized carbons (Fsp3) is 0.250. The Balaban J connectivity index is 2.47. The average molecular weight is 199 g/mol. The average Bonchev–Trinajstić information content (AvgIpc) is 2.36. The molecule has 0 saturated heterocycles. The molecule has 0 amide bonds. The van der Waals surface area contributed by atoms with E-state index in [4.69, 9.17) is 5.11 Å². The van der Waals surface area contributed by atoms with Crippen molar-refractivity contribution in [2.75, 3.05) is 4.72 Å². The summed E-state index contributed by atoms with van der Waals surface area (Å²) in [6, 6.07) is 5.10. The van der Waals surface area contributed by atoms with Crippen LogP contribution in [-0.4, -0.2) is 13.5 Å². The number of rotatable bonds is 1. The topological polar surface area (TPSA) is 66.4 Å². The summed E-state index contributed by atoms with van der Waals surface area (Å²) >= 11 is 0. The molecule has 1 aromatic carbocycles. The molecule has 70 valence electrons. The summed E-state index contributed by atoms with van der Waals surface area (Å²) in [4.78, 5) is 0. The Morgan fingerprint density at radius 3 is 2.92 bits per heavy atom. The van der Waals surface area contributed by atoms with Crippen molar-refractivity contribution < 1.29 is 13.5 Å². The second kappa shape index (κ2) is 2.71. The van der Waals surface area contributed by atoms with E-state index in [1.54, 1.807) is 18.2 Å². The van der Waals surface area contributed by atoms with Gasteiger partial charge in [-0.05, 0) is 17.2 Å². The van der Waals surface area contributed by atoms with Crippen molar-refractivity contribution in [1.29, 1.82) is 0 Å². The lowest BCUT2D eigenvalue weighted by Crippen LogP contribution is -2.05. The largest absolute Gasteiger partial charge is 0.392 e. The summed E-state index contributed by atoms with van der Waals surface area (Å²) < 4.78 is 24.6. The van der Waals surface area contributed by atoms with E-state index in [-0.39, 0.29) is 12.4 Å². The summed E-state index contributed by atoms with van der Waals surface area (Å²) in [6.45, 7) is -0.0744. The van der Waals surface area contributed by atoms with Gasteiger partial charge in [-0.15, -0.1) is 0 Å². The van der Waals surface area contributed by atoms with Gasteiger partial charge in [0.15, 0.2) is 0 Å². The molecule has 0 spiro atoms. The van der Waals surface area contributed by atoms with E-state index in [0.717, 1.165) is 5.56 Å². The lowest BCUT2D eigenvalue weighted by Gasteiger charge is -1.99. The first kappa shape index (κ1) is 8.52. The number of aliphatic hydroxyl groups excluding tert-OH is 1. The minimum absolute atomic E-state index is 0.0358. The van der Waals surface area contributed by atoms with Gasteiger partial charge in [-0.2, -0.15) is 0 Å². The summed E-state index contributed by atoms with van der Waals surface area (Å²) in [5.41, 5.74) is 2.06. The molecule has 1 heterocycles. The maximum atomic E-state index is 11.1. The van der Waals surface area contributed by atoms with E-state index in [0.29, 0.717) is 11.3 Å². The molecule has 13 heavy (non-hydrogen) atoms. The van der Waals surface area contributed by atoms with Crippen molar-refractivity contribution >= 4 is 15.7 Å². The smallest absolute Gasteiger partial charge is 0.237 e. The molecule has 0 atom stereocenters. The quantitative estimate of drug-likeness (QED) is 0.689. The number of fused-ring (bicyclic) bond motifs is 1. The third kappa shape index (κ3) is 1.52. The number of hydrogen-bond acceptors (Lipinski definition) is 3. The summed E-state index contributed by atoms with van der Waals surface area (Å²) in [5.74, 6) is 0.0358. The maximum Gasteiger partial charge on any atom is 0.237 e. The van der Waals surface area contributed by atoms with E-state index in [1.807, 2.05) is 0 Å². The van der Waals surface area contributed by atoms with Crippen LogP contribution in [0.25, 0.3) is 0 Å². The van der Waals surface area contributed by atoms with Gasteiger partial charge in [0.2, 0.25) is 10.0 Å². The second-order valence-electron chi connectivity index (χ2n) is 3.01. The predicted molar refractivity (Wildman–Crippen MR) is 48.6 cm³/mol. The van der Waals surface area contributed by atoms with Gasteiger partial charge >= 0.3 is 0 Å². The fourth-order valence-electron chi connectivity index (χ4n) is 1.35. The first-order valence-electron chi connectivity index (χ1n) is 3.84. The van der Waals surface area contributed by atoms with Crippen LogP contribution in [0.15, 0.2) is 18.2 Å². The molecule has 1 aliphatic rings. The monoisotopic (exact) mass is 199 g/mol. The molecule has 1 aliphatic heterocycles. The van der Waals surface area contributed by atoms with E-state index >= 15 is 0 Å². The van der Waals surface area contributed by atoms with E-state index in [9.17, 15) is 8.42 Å². The molecule has 0 unspecified atom stereocenters. The maximum absolute atomic E-state index is 11.1. The Kier molecular flexibility index (Phi) is 1.78. The zero-order valence-corrected chi connectivity index (χ0v) is 7.63. The van der Waals surface area contributed by atoms with Crippen molar-refractivity contribution in [2.24, 2.45) is 0 Å². The van der Waals surface area contributed by atoms with Crippen LogP contribution >= 0.6 is 0 Å². The Morgan fingerprint density at radius 1 is 1.46 bits per heavy atom. The Morgan fingerprint density at radius 2 is 2.23 bits per heavy atom. The molecule has 0 aliphatic carbocycles. The van der Waals surface area contributed by atoms with Gasteiger partial charge in [0.25, 0.3) is 0 Å². The Bertz CT molecular complexity index is 439. The highest BCUT2D eigenvalue weighted by Gasteiger charge is 2.22. The number of anilines is 1. The van der Waals surface area contributed by atoms with Crippen molar-refractivity contribution in [3.8, 4) is 0 Å². The molecule has 1 aromatic rings. The molecule has 0 aromatic heterocycles. The minimum Gasteiger partial charge on any atom is -0.392 e. The standard InChI is InChI=1S/C8H9NO3S/c10-4-6-1-2-7-5-13(11,12)9-8(7)3-6/h1-3,9-10H,4-5H2. The van der Waals surface area contributed by atoms with Crippen molar-refractivity contribution in [3.63, 3.8) is 0 Å². The van der Waals surface area contributed by atoms with Gasteiger partial charge in [-0.25, -0.2) is 8.42 Å². The van der Waals surface area contributed by atoms with Gasteiger partial charge in [-0.1, -0.05) is 12.1 Å². The highest BCUT2D eigenvalue weighted by molar-refractivity contribution is 7.92. The van der Waals surface area contributed by atoms with Gasteiger partial charge < -0.3 is 5.11 Å². The molecular formula is C8H9NO3S. The van der Waals surface area contributed by atoms with Crippen LogP contribution in [0, 0.1) is 0 Å². The third-order valence-corrected chi connectivity index (χ3v) is 3.19. The van der Waals surface area contributed by atoms with Gasteiger partial charge in [0.05, 0.1) is 18.0 Å². The number of sulfonamides is 1. The van der Waals surface area contributed by atoms with Gasteiger partial charge in [-0.3, -0.25) is 4.72 Å². The van der Waals surface area contributed by atoms with E-state index in [2.05, 4.69) is 4.72 Å². The van der Waals surface area contributed by atoms with E-state index in [1.165, 1.54) is 0 Å². The van der Waals surface area contributed by atoms with Crippen LogP contribution in [0.2, 0.25) is 0 Å². The highest BCUT2D eigenvalue weighted by atomic mass is 32.2. The molecule has 0 saturated carbocycles. The first-order chi connectivity index (χ1) is 6.11. The summed E-state index contributed by atoms with van der Waals surface area (Å²) in [6.07, 6.45) is 0. The molecule has 2 rings (SSSR count). The van der Waals surface area contributed by atoms with Gasteiger partial charge in [0.1, 0.15) is 0 Å². The molecular weight excluding hydrogens is 190 g/mol. The molecule has 2 N–H and O–H groups in total. The first-order valence-corrected chi connectivity index (χ1v) is 5.49. The third-order valence-electron chi connectivity index (χ3n) is 1.97.